The molecule has 9 fully saturated rings. The first kappa shape index (κ1) is 31.2. The fourth-order valence-electron chi connectivity index (χ4n) is 13.6. The maximum atomic E-state index is 12.7. The normalized spacial score (nSPS) is 50.2. The summed E-state index contributed by atoms with van der Waals surface area (Å²) in [5.74, 6) is 2.98. The SMILES string of the molecule is CC12CC[C@@]34CC35CC[C@H](OC3CN(C6COC6)CCO3)C(C)(C)C5CCC4C1CC1OC(COC(=O)C3CCOCC3)CCC12. The van der Waals surface area contributed by atoms with Crippen molar-refractivity contribution in [2.45, 2.75) is 128 Å². The number of morpholine rings is 1. The molecule has 5 aliphatic carbocycles. The van der Waals surface area contributed by atoms with E-state index >= 15 is 0 Å². The van der Waals surface area contributed by atoms with E-state index in [2.05, 4.69) is 25.7 Å². The van der Waals surface area contributed by atoms with Gasteiger partial charge in [0.2, 0.25) is 0 Å². The maximum absolute atomic E-state index is 12.7. The van der Waals surface area contributed by atoms with Crippen molar-refractivity contribution in [3.63, 3.8) is 0 Å². The van der Waals surface area contributed by atoms with Gasteiger partial charge in [-0.1, -0.05) is 20.8 Å². The zero-order valence-corrected chi connectivity index (χ0v) is 28.7. The molecule has 8 nitrogen and oxygen atoms in total. The van der Waals surface area contributed by atoms with Crippen LogP contribution in [0.15, 0.2) is 0 Å². The van der Waals surface area contributed by atoms with E-state index in [0.717, 1.165) is 69.9 Å². The minimum absolute atomic E-state index is 0.000539. The highest BCUT2D eigenvalue weighted by Gasteiger charge is 2.80. The van der Waals surface area contributed by atoms with Crippen LogP contribution in [0.25, 0.3) is 0 Å². The van der Waals surface area contributed by atoms with Crippen molar-refractivity contribution < 1.29 is 33.2 Å². The van der Waals surface area contributed by atoms with E-state index in [9.17, 15) is 4.79 Å². The smallest absolute Gasteiger partial charge is 0.309 e. The largest absolute Gasteiger partial charge is 0.463 e. The van der Waals surface area contributed by atoms with Gasteiger partial charge in [-0.3, -0.25) is 9.69 Å². The number of ether oxygens (including phenoxy) is 6. The minimum atomic E-state index is -0.108. The molecule has 9 aliphatic rings. The summed E-state index contributed by atoms with van der Waals surface area (Å²) in [7, 11) is 0. The molecule has 9 rings (SSSR count). The highest BCUT2D eigenvalue weighted by atomic mass is 16.7. The topological polar surface area (TPSA) is 75.7 Å². The van der Waals surface area contributed by atoms with E-state index in [1.807, 2.05) is 0 Å². The summed E-state index contributed by atoms with van der Waals surface area (Å²) >= 11 is 0. The van der Waals surface area contributed by atoms with Crippen LogP contribution >= 0.6 is 0 Å². The third kappa shape index (κ3) is 4.69. The molecular formula is C38H59NO7. The molecule has 0 N–H and O–H groups in total. The molecule has 258 valence electrons. The lowest BCUT2D eigenvalue weighted by molar-refractivity contribution is -0.253. The Hall–Kier alpha value is -0.770. The lowest BCUT2D eigenvalue weighted by atomic mass is 9.46. The zero-order valence-electron chi connectivity index (χ0n) is 28.7. The van der Waals surface area contributed by atoms with Gasteiger partial charge in [0.25, 0.3) is 0 Å². The number of esters is 1. The van der Waals surface area contributed by atoms with Crippen molar-refractivity contribution in [2.24, 2.45) is 51.2 Å². The average Bonchev–Trinajstić information content (AvgIpc) is 3.61. The van der Waals surface area contributed by atoms with Crippen LogP contribution < -0.4 is 0 Å². The first-order chi connectivity index (χ1) is 22.2. The van der Waals surface area contributed by atoms with Gasteiger partial charge in [-0.05, 0) is 122 Å². The van der Waals surface area contributed by atoms with Gasteiger partial charge in [0.05, 0.1) is 56.6 Å². The molecule has 11 atom stereocenters. The zero-order chi connectivity index (χ0) is 31.3. The minimum Gasteiger partial charge on any atom is -0.463 e. The monoisotopic (exact) mass is 641 g/mol. The molecule has 4 aliphatic heterocycles. The predicted octanol–water partition coefficient (Wildman–Crippen LogP) is 5.61. The van der Waals surface area contributed by atoms with Gasteiger partial charge in [0.1, 0.15) is 6.61 Å². The molecule has 8 heteroatoms. The number of fused-ring (bicyclic) bond motifs is 4. The van der Waals surface area contributed by atoms with Crippen LogP contribution in [0.1, 0.15) is 97.8 Å². The van der Waals surface area contributed by atoms with Gasteiger partial charge >= 0.3 is 5.97 Å². The van der Waals surface area contributed by atoms with Crippen molar-refractivity contribution in [2.75, 3.05) is 52.7 Å². The van der Waals surface area contributed by atoms with E-state index in [1.165, 1.54) is 57.8 Å². The Morgan fingerprint density at radius 1 is 0.848 bits per heavy atom. The Balaban J connectivity index is 0.849. The Bertz CT molecular complexity index is 1170. The summed E-state index contributed by atoms with van der Waals surface area (Å²) < 4.78 is 36.7. The lowest BCUT2D eigenvalue weighted by Gasteiger charge is -2.60. The van der Waals surface area contributed by atoms with E-state index in [4.69, 9.17) is 28.4 Å². The molecule has 5 saturated carbocycles. The summed E-state index contributed by atoms with van der Waals surface area (Å²) in [6.07, 6.45) is 15.1. The standard InChI is InChI=1S/C38H59NO7/c1-35(2)31-7-6-27-29-18-30-28(5-4-26(45-30)22-44-34(40)24-9-15-41-16-10-24)36(29,3)12-13-37(27)23-38(31,37)11-8-32(35)46-33-19-39(14-17-43-33)25-20-42-21-25/h24-33H,4-23H2,1-3H3/t26?,27?,28?,29?,30?,31?,32-,33?,36?,37-,38?/m0/s1. The van der Waals surface area contributed by atoms with Crippen LogP contribution in [0.5, 0.6) is 0 Å². The van der Waals surface area contributed by atoms with Crippen molar-refractivity contribution in [3.8, 4) is 0 Å². The van der Waals surface area contributed by atoms with Crippen molar-refractivity contribution in [3.05, 3.63) is 0 Å². The van der Waals surface area contributed by atoms with Crippen molar-refractivity contribution in [1.29, 1.82) is 0 Å². The summed E-state index contributed by atoms with van der Waals surface area (Å²) in [6, 6.07) is 0.548. The molecule has 2 spiro atoms. The molecule has 0 aromatic rings. The molecule has 9 unspecified atom stereocenters. The predicted molar refractivity (Wildman–Crippen MR) is 171 cm³/mol. The third-order valence-electron chi connectivity index (χ3n) is 16.1. The molecule has 0 amide bonds. The molecular weight excluding hydrogens is 582 g/mol. The number of carbonyl (C=O) groups excluding carboxylic acids is 1. The molecule has 0 radical (unpaired) electrons. The summed E-state index contributed by atoms with van der Waals surface area (Å²) in [6.45, 7) is 13.8. The fourth-order valence-corrected chi connectivity index (χ4v) is 13.6. The molecule has 46 heavy (non-hydrogen) atoms. The van der Waals surface area contributed by atoms with Crippen LogP contribution in [-0.2, 0) is 33.2 Å². The molecule has 0 aromatic heterocycles. The first-order valence-electron chi connectivity index (χ1n) is 19.2. The average molecular weight is 642 g/mol. The Morgan fingerprint density at radius 3 is 2.48 bits per heavy atom. The second kappa shape index (κ2) is 11.4. The van der Waals surface area contributed by atoms with Gasteiger partial charge < -0.3 is 28.4 Å². The van der Waals surface area contributed by atoms with E-state index in [0.29, 0.717) is 54.1 Å². The van der Waals surface area contributed by atoms with Gasteiger partial charge in [0.15, 0.2) is 6.29 Å². The Labute approximate surface area is 276 Å². The van der Waals surface area contributed by atoms with Crippen LogP contribution in [0, 0.1) is 51.2 Å². The van der Waals surface area contributed by atoms with E-state index < -0.39 is 0 Å². The van der Waals surface area contributed by atoms with Crippen molar-refractivity contribution in [1.82, 2.24) is 4.90 Å². The first-order valence-corrected chi connectivity index (χ1v) is 19.2. The molecule has 4 saturated heterocycles. The number of hydrogen-bond donors (Lipinski definition) is 0. The lowest BCUT2D eigenvalue weighted by Crippen LogP contribution is -2.58. The summed E-state index contributed by atoms with van der Waals surface area (Å²) in [4.78, 5) is 15.2. The van der Waals surface area contributed by atoms with Crippen LogP contribution in [0.3, 0.4) is 0 Å². The number of hydrogen-bond acceptors (Lipinski definition) is 8. The van der Waals surface area contributed by atoms with Crippen LogP contribution in [-0.4, -0.2) is 94.2 Å². The van der Waals surface area contributed by atoms with Crippen LogP contribution in [0.2, 0.25) is 0 Å². The number of nitrogens with zero attached hydrogens (tertiary/aromatic N) is 1. The van der Waals surface area contributed by atoms with Gasteiger partial charge in [-0.2, -0.15) is 0 Å². The fraction of sp³-hybridized carbons (Fsp3) is 0.974. The van der Waals surface area contributed by atoms with Crippen LogP contribution in [0.4, 0.5) is 0 Å². The van der Waals surface area contributed by atoms with Gasteiger partial charge in [0, 0.05) is 19.8 Å². The highest BCUT2D eigenvalue weighted by molar-refractivity contribution is 5.72. The number of rotatable bonds is 6. The Morgan fingerprint density at radius 2 is 1.67 bits per heavy atom. The van der Waals surface area contributed by atoms with Gasteiger partial charge in [-0.25, -0.2) is 0 Å². The quantitative estimate of drug-likeness (QED) is 0.347. The molecule has 4 heterocycles. The van der Waals surface area contributed by atoms with E-state index in [1.54, 1.807) is 0 Å². The van der Waals surface area contributed by atoms with Gasteiger partial charge in [-0.15, -0.1) is 0 Å². The van der Waals surface area contributed by atoms with Crippen molar-refractivity contribution >= 4 is 5.97 Å². The Kier molecular flexibility index (Phi) is 7.72. The summed E-state index contributed by atoms with van der Waals surface area (Å²) in [5.41, 5.74) is 1.61. The second-order valence-corrected chi connectivity index (χ2v) is 18.0. The highest BCUT2D eigenvalue weighted by Crippen LogP contribution is 2.87. The van der Waals surface area contributed by atoms with E-state index in [-0.39, 0.29) is 35.8 Å². The summed E-state index contributed by atoms with van der Waals surface area (Å²) in [5, 5.41) is 0. The third-order valence-corrected chi connectivity index (χ3v) is 16.1. The molecule has 0 aromatic carbocycles. The second-order valence-electron chi connectivity index (χ2n) is 18.0. The number of carbonyl (C=O) groups is 1. The maximum Gasteiger partial charge on any atom is 0.309 e. The molecule has 0 bridgehead atoms.